The Balaban J connectivity index is 1.57. The summed E-state index contributed by atoms with van der Waals surface area (Å²) in [6.45, 7) is 2.78. The molecule has 0 bridgehead atoms. The Labute approximate surface area is 141 Å². The van der Waals surface area contributed by atoms with Crippen molar-refractivity contribution >= 4 is 17.5 Å². The van der Waals surface area contributed by atoms with Crippen LogP contribution in [0.25, 0.3) is 0 Å². The third-order valence-electron chi connectivity index (χ3n) is 4.00. The molecule has 24 heavy (non-hydrogen) atoms. The summed E-state index contributed by atoms with van der Waals surface area (Å²) in [5.74, 6) is 0.386. The molecule has 2 amide bonds. The minimum Gasteiger partial charge on any atom is -0.484 e. The maximum absolute atomic E-state index is 12.4. The first kappa shape index (κ1) is 16.1. The zero-order chi connectivity index (χ0) is 16.9. The molecule has 0 saturated carbocycles. The van der Waals surface area contributed by atoms with Gasteiger partial charge < -0.3 is 15.0 Å². The van der Waals surface area contributed by atoms with Gasteiger partial charge in [-0.2, -0.15) is 0 Å². The second kappa shape index (κ2) is 7.17. The molecule has 0 fully saturated rings. The fourth-order valence-electron chi connectivity index (χ4n) is 2.81. The number of benzene rings is 2. The van der Waals surface area contributed by atoms with E-state index >= 15 is 0 Å². The quantitative estimate of drug-likeness (QED) is 0.940. The van der Waals surface area contributed by atoms with Gasteiger partial charge in [-0.3, -0.25) is 9.59 Å². The van der Waals surface area contributed by atoms with Crippen molar-refractivity contribution in [1.29, 1.82) is 0 Å². The van der Waals surface area contributed by atoms with Gasteiger partial charge in [0, 0.05) is 31.8 Å². The molecule has 2 aromatic rings. The molecule has 5 nitrogen and oxygen atoms in total. The highest BCUT2D eigenvalue weighted by Crippen LogP contribution is 2.20. The van der Waals surface area contributed by atoms with Crippen molar-refractivity contribution in [2.45, 2.75) is 19.9 Å². The van der Waals surface area contributed by atoms with Gasteiger partial charge in [0.05, 0.1) is 0 Å². The van der Waals surface area contributed by atoms with Gasteiger partial charge in [-0.1, -0.05) is 30.3 Å². The molecule has 3 rings (SSSR count). The monoisotopic (exact) mass is 324 g/mol. The number of hydrogen-bond donors (Lipinski definition) is 1. The van der Waals surface area contributed by atoms with Gasteiger partial charge in [0.1, 0.15) is 5.75 Å². The predicted molar refractivity (Wildman–Crippen MR) is 91.8 cm³/mol. The lowest BCUT2D eigenvalue weighted by molar-refractivity contribution is -0.134. The highest BCUT2D eigenvalue weighted by atomic mass is 16.5. The molecule has 124 valence electrons. The van der Waals surface area contributed by atoms with Crippen LogP contribution in [-0.4, -0.2) is 29.9 Å². The Morgan fingerprint density at radius 3 is 2.71 bits per heavy atom. The number of ether oxygens (including phenoxy) is 1. The van der Waals surface area contributed by atoms with Crippen LogP contribution in [0.3, 0.4) is 0 Å². The van der Waals surface area contributed by atoms with E-state index in [0.29, 0.717) is 24.5 Å². The van der Waals surface area contributed by atoms with Gasteiger partial charge in [0.15, 0.2) is 6.61 Å². The molecular weight excluding hydrogens is 304 g/mol. The van der Waals surface area contributed by atoms with Crippen LogP contribution in [-0.2, 0) is 22.6 Å². The van der Waals surface area contributed by atoms with Crippen molar-refractivity contribution < 1.29 is 14.3 Å². The molecule has 5 heteroatoms. The normalized spacial score (nSPS) is 13.1. The number of fused-ring (bicyclic) bond motifs is 1. The molecular formula is C19H20N2O3. The summed E-state index contributed by atoms with van der Waals surface area (Å²) in [5.41, 5.74) is 3.16. The van der Waals surface area contributed by atoms with Crippen LogP contribution in [0.4, 0.5) is 5.69 Å². The number of hydrogen-bond acceptors (Lipinski definition) is 3. The maximum Gasteiger partial charge on any atom is 0.260 e. The van der Waals surface area contributed by atoms with E-state index < -0.39 is 0 Å². The molecule has 1 N–H and O–H groups in total. The third kappa shape index (κ3) is 3.93. The first-order chi connectivity index (χ1) is 11.6. The van der Waals surface area contributed by atoms with Crippen molar-refractivity contribution in [3.63, 3.8) is 0 Å². The van der Waals surface area contributed by atoms with Crippen LogP contribution in [0, 0.1) is 0 Å². The van der Waals surface area contributed by atoms with E-state index in [1.165, 1.54) is 18.1 Å². The number of carbonyl (C=O) groups is 2. The van der Waals surface area contributed by atoms with Crippen molar-refractivity contribution in [1.82, 2.24) is 4.90 Å². The Morgan fingerprint density at radius 1 is 1.12 bits per heavy atom. The van der Waals surface area contributed by atoms with E-state index in [4.69, 9.17) is 4.74 Å². The maximum atomic E-state index is 12.4. The summed E-state index contributed by atoms with van der Waals surface area (Å²) < 4.78 is 5.59. The molecule has 0 aromatic heterocycles. The second-order valence-corrected chi connectivity index (χ2v) is 5.83. The third-order valence-corrected chi connectivity index (χ3v) is 4.00. The summed E-state index contributed by atoms with van der Waals surface area (Å²) in [6.07, 6.45) is 0.875. The summed E-state index contributed by atoms with van der Waals surface area (Å²) in [4.78, 5) is 25.3. The summed E-state index contributed by atoms with van der Waals surface area (Å²) in [6, 6.07) is 15.2. The van der Waals surface area contributed by atoms with Crippen LogP contribution < -0.4 is 10.1 Å². The van der Waals surface area contributed by atoms with E-state index in [2.05, 4.69) is 17.4 Å². The van der Waals surface area contributed by atoms with E-state index in [0.717, 1.165) is 6.42 Å². The van der Waals surface area contributed by atoms with Gasteiger partial charge in [-0.05, 0) is 29.7 Å². The average Bonchev–Trinajstić information content (AvgIpc) is 2.59. The lowest BCUT2D eigenvalue weighted by atomic mass is 10.00. The highest BCUT2D eigenvalue weighted by molar-refractivity contribution is 5.88. The molecule has 0 atom stereocenters. The topological polar surface area (TPSA) is 58.6 Å². The SMILES string of the molecule is CC(=O)Nc1cccc(OCC(=O)N2CCc3ccccc3C2)c1. The van der Waals surface area contributed by atoms with Gasteiger partial charge in [-0.15, -0.1) is 0 Å². The van der Waals surface area contributed by atoms with Crippen LogP contribution in [0.1, 0.15) is 18.1 Å². The van der Waals surface area contributed by atoms with E-state index in [-0.39, 0.29) is 18.4 Å². The molecule has 1 aliphatic rings. The Hall–Kier alpha value is -2.82. The van der Waals surface area contributed by atoms with Crippen LogP contribution in [0.2, 0.25) is 0 Å². The molecule has 0 unspecified atom stereocenters. The summed E-state index contributed by atoms with van der Waals surface area (Å²) >= 11 is 0. The van der Waals surface area contributed by atoms with E-state index in [1.807, 2.05) is 17.0 Å². The second-order valence-electron chi connectivity index (χ2n) is 5.83. The number of nitrogens with zero attached hydrogens (tertiary/aromatic N) is 1. The molecule has 2 aromatic carbocycles. The molecule has 0 radical (unpaired) electrons. The zero-order valence-corrected chi connectivity index (χ0v) is 13.6. The fraction of sp³-hybridized carbons (Fsp3) is 0.263. The molecule has 1 heterocycles. The van der Waals surface area contributed by atoms with Crippen LogP contribution >= 0.6 is 0 Å². The standard InChI is InChI=1S/C19H20N2O3/c1-14(22)20-17-7-4-8-18(11-17)24-13-19(23)21-10-9-15-5-2-3-6-16(15)12-21/h2-8,11H,9-10,12-13H2,1H3,(H,20,22). The van der Waals surface area contributed by atoms with E-state index in [1.54, 1.807) is 24.3 Å². The number of rotatable bonds is 4. The number of amides is 2. The molecule has 0 saturated heterocycles. The average molecular weight is 324 g/mol. The molecule has 0 spiro atoms. The fourth-order valence-corrected chi connectivity index (χ4v) is 2.81. The van der Waals surface area contributed by atoms with Gasteiger partial charge in [0.25, 0.3) is 5.91 Å². The first-order valence-corrected chi connectivity index (χ1v) is 7.97. The Morgan fingerprint density at radius 2 is 1.92 bits per heavy atom. The Kier molecular flexibility index (Phi) is 4.79. The lowest BCUT2D eigenvalue weighted by Crippen LogP contribution is -2.38. The zero-order valence-electron chi connectivity index (χ0n) is 13.6. The van der Waals surface area contributed by atoms with Crippen LogP contribution in [0.5, 0.6) is 5.75 Å². The van der Waals surface area contributed by atoms with E-state index in [9.17, 15) is 9.59 Å². The van der Waals surface area contributed by atoms with Crippen molar-refractivity contribution in [3.05, 3.63) is 59.7 Å². The highest BCUT2D eigenvalue weighted by Gasteiger charge is 2.20. The Bertz CT molecular complexity index is 758. The largest absolute Gasteiger partial charge is 0.484 e. The number of nitrogens with one attached hydrogen (secondary N) is 1. The first-order valence-electron chi connectivity index (χ1n) is 7.97. The van der Waals surface area contributed by atoms with Gasteiger partial charge in [0.2, 0.25) is 5.91 Å². The molecule has 1 aliphatic heterocycles. The van der Waals surface area contributed by atoms with Gasteiger partial charge in [-0.25, -0.2) is 0 Å². The van der Waals surface area contributed by atoms with Crippen LogP contribution in [0.15, 0.2) is 48.5 Å². The summed E-state index contributed by atoms with van der Waals surface area (Å²) in [7, 11) is 0. The van der Waals surface area contributed by atoms with Crippen molar-refractivity contribution in [2.24, 2.45) is 0 Å². The minimum absolute atomic E-state index is 0.00824. The van der Waals surface area contributed by atoms with Gasteiger partial charge >= 0.3 is 0 Å². The minimum atomic E-state index is -0.143. The predicted octanol–water partition coefficient (Wildman–Crippen LogP) is 2.61. The lowest BCUT2D eigenvalue weighted by Gasteiger charge is -2.28. The van der Waals surface area contributed by atoms with Crippen molar-refractivity contribution in [2.75, 3.05) is 18.5 Å². The number of carbonyl (C=O) groups excluding carboxylic acids is 2. The number of anilines is 1. The van der Waals surface area contributed by atoms with Crippen molar-refractivity contribution in [3.8, 4) is 5.75 Å². The summed E-state index contributed by atoms with van der Waals surface area (Å²) in [5, 5.41) is 2.69. The smallest absolute Gasteiger partial charge is 0.260 e. The molecule has 0 aliphatic carbocycles.